The number of hydrogen-bond donors (Lipinski definition) is 1. The zero-order valence-electron chi connectivity index (χ0n) is 12.0. The molecule has 0 spiro atoms. The minimum absolute atomic E-state index is 0.0274. The topological polar surface area (TPSA) is 71.9 Å². The highest BCUT2D eigenvalue weighted by molar-refractivity contribution is 5.88. The summed E-state index contributed by atoms with van der Waals surface area (Å²) in [7, 11) is 3.30. The lowest BCUT2D eigenvalue weighted by Crippen LogP contribution is -2.27. The van der Waals surface area contributed by atoms with E-state index in [4.69, 9.17) is 9.47 Å². The molecule has 1 N–H and O–H groups in total. The highest BCUT2D eigenvalue weighted by atomic mass is 16.5. The minimum Gasteiger partial charge on any atom is -0.478 e. The van der Waals surface area contributed by atoms with Gasteiger partial charge < -0.3 is 19.5 Å². The van der Waals surface area contributed by atoms with E-state index in [0.29, 0.717) is 25.3 Å². The Morgan fingerprint density at radius 1 is 1.35 bits per heavy atom. The number of aryl methyl sites for hydroxylation is 1. The number of hydrogen-bond acceptors (Lipinski definition) is 5. The molecule has 6 heteroatoms. The van der Waals surface area contributed by atoms with Gasteiger partial charge in [0.25, 0.3) is 0 Å². The second-order valence-corrected chi connectivity index (χ2v) is 4.82. The molecule has 110 valence electrons. The molecule has 2 unspecified atom stereocenters. The van der Waals surface area contributed by atoms with Gasteiger partial charge in [0.15, 0.2) is 0 Å². The monoisotopic (exact) mass is 280 g/mol. The summed E-state index contributed by atoms with van der Waals surface area (Å²) in [6, 6.07) is 3.22. The van der Waals surface area contributed by atoms with E-state index >= 15 is 0 Å². The molecule has 2 heterocycles. The maximum absolute atomic E-state index is 11.2. The van der Waals surface area contributed by atoms with Crippen molar-refractivity contribution in [3.05, 3.63) is 23.4 Å². The van der Waals surface area contributed by atoms with E-state index in [1.807, 2.05) is 11.8 Å². The minimum atomic E-state index is -0.936. The predicted molar refractivity (Wildman–Crippen MR) is 74.4 cm³/mol. The van der Waals surface area contributed by atoms with Crippen molar-refractivity contribution in [1.29, 1.82) is 0 Å². The van der Waals surface area contributed by atoms with Gasteiger partial charge in [-0.25, -0.2) is 9.78 Å². The first kappa shape index (κ1) is 14.7. The van der Waals surface area contributed by atoms with Crippen LogP contribution in [-0.4, -0.2) is 55.6 Å². The van der Waals surface area contributed by atoms with Crippen molar-refractivity contribution >= 4 is 11.8 Å². The van der Waals surface area contributed by atoms with E-state index in [2.05, 4.69) is 4.98 Å². The van der Waals surface area contributed by atoms with E-state index in [1.54, 1.807) is 26.4 Å². The second kappa shape index (κ2) is 6.19. The van der Waals surface area contributed by atoms with E-state index in [1.165, 1.54) is 0 Å². The molecule has 2 atom stereocenters. The van der Waals surface area contributed by atoms with Crippen LogP contribution in [0.3, 0.4) is 0 Å². The quantitative estimate of drug-likeness (QED) is 0.873. The number of ether oxygens (including phenoxy) is 2. The molecule has 0 amide bonds. The van der Waals surface area contributed by atoms with Crippen molar-refractivity contribution < 1.29 is 19.4 Å². The van der Waals surface area contributed by atoms with Crippen molar-refractivity contribution in [2.75, 3.05) is 32.2 Å². The van der Waals surface area contributed by atoms with Gasteiger partial charge in [-0.05, 0) is 18.6 Å². The molecule has 1 saturated heterocycles. The molecule has 1 aliphatic heterocycles. The Morgan fingerprint density at radius 3 is 2.40 bits per heavy atom. The molecule has 20 heavy (non-hydrogen) atoms. The molecular weight excluding hydrogens is 260 g/mol. The number of carboxylic acid groups (broad SMARTS) is 1. The molecule has 6 nitrogen and oxygen atoms in total. The van der Waals surface area contributed by atoms with E-state index in [0.717, 1.165) is 5.69 Å². The Hall–Kier alpha value is -1.66. The fourth-order valence-corrected chi connectivity index (χ4v) is 2.42. The average molecular weight is 280 g/mol. The summed E-state index contributed by atoms with van der Waals surface area (Å²) in [4.78, 5) is 17.7. The van der Waals surface area contributed by atoms with Gasteiger partial charge in [-0.3, -0.25) is 0 Å². The number of nitrogens with zero attached hydrogens (tertiary/aromatic N) is 2. The highest BCUT2D eigenvalue weighted by Gasteiger charge is 2.34. The molecule has 0 aromatic carbocycles. The molecule has 0 saturated carbocycles. The molecule has 1 aromatic heterocycles. The number of rotatable bonds is 5. The average Bonchev–Trinajstić information content (AvgIpc) is 2.89. The summed E-state index contributed by atoms with van der Waals surface area (Å²) in [6.45, 7) is 3.25. The molecule has 1 aliphatic rings. The Kier molecular flexibility index (Phi) is 4.57. The fourth-order valence-electron chi connectivity index (χ4n) is 2.42. The number of carbonyl (C=O) groups is 1. The zero-order chi connectivity index (χ0) is 14.7. The van der Waals surface area contributed by atoms with Gasteiger partial charge in [0.05, 0.1) is 5.56 Å². The van der Waals surface area contributed by atoms with Crippen LogP contribution in [0.15, 0.2) is 12.1 Å². The van der Waals surface area contributed by atoms with Crippen LogP contribution in [0.4, 0.5) is 5.82 Å². The first-order chi connectivity index (χ1) is 9.58. The van der Waals surface area contributed by atoms with Crippen LogP contribution in [0.1, 0.15) is 23.0 Å². The third-order valence-electron chi connectivity index (χ3n) is 3.62. The Bertz CT molecular complexity index is 480. The predicted octanol–water partition coefficient (Wildman–Crippen LogP) is 1.19. The van der Waals surface area contributed by atoms with Crippen LogP contribution >= 0.6 is 0 Å². The van der Waals surface area contributed by atoms with Crippen molar-refractivity contribution in [2.24, 2.45) is 0 Å². The molecule has 2 rings (SSSR count). The maximum Gasteiger partial charge on any atom is 0.335 e. The van der Waals surface area contributed by atoms with Crippen LogP contribution in [0.25, 0.3) is 0 Å². The standard InChI is InChI=1S/C14H20N2O4/c1-4-10-5-9(14(17)18)6-13(15-10)16-7-11(19-2)12(8-16)20-3/h5-6,11-12H,4,7-8H2,1-3H3,(H,17,18). The number of aromatic nitrogens is 1. The highest BCUT2D eigenvalue weighted by Crippen LogP contribution is 2.23. The lowest BCUT2D eigenvalue weighted by Gasteiger charge is -2.18. The third-order valence-corrected chi connectivity index (χ3v) is 3.62. The van der Waals surface area contributed by atoms with Gasteiger partial charge >= 0.3 is 5.97 Å². The second-order valence-electron chi connectivity index (χ2n) is 4.82. The van der Waals surface area contributed by atoms with Crippen LogP contribution < -0.4 is 4.90 Å². The van der Waals surface area contributed by atoms with Crippen LogP contribution in [-0.2, 0) is 15.9 Å². The number of anilines is 1. The fraction of sp³-hybridized carbons (Fsp3) is 0.571. The summed E-state index contributed by atoms with van der Waals surface area (Å²) in [5, 5.41) is 9.17. The van der Waals surface area contributed by atoms with Crippen molar-refractivity contribution in [1.82, 2.24) is 4.98 Å². The smallest absolute Gasteiger partial charge is 0.335 e. The SMILES string of the molecule is CCc1cc(C(=O)O)cc(N2CC(OC)C(OC)C2)n1. The van der Waals surface area contributed by atoms with E-state index in [9.17, 15) is 9.90 Å². The summed E-state index contributed by atoms with van der Waals surface area (Å²) in [5.41, 5.74) is 1.04. The number of methoxy groups -OCH3 is 2. The van der Waals surface area contributed by atoms with Crippen LogP contribution in [0.2, 0.25) is 0 Å². The van der Waals surface area contributed by atoms with Gasteiger partial charge in [0.2, 0.25) is 0 Å². The largest absolute Gasteiger partial charge is 0.478 e. The summed E-state index contributed by atoms with van der Waals surface area (Å²) < 4.78 is 10.8. The first-order valence-electron chi connectivity index (χ1n) is 6.63. The van der Waals surface area contributed by atoms with Gasteiger partial charge in [0, 0.05) is 33.0 Å². The number of carboxylic acids is 1. The number of pyridine rings is 1. The molecule has 0 radical (unpaired) electrons. The molecule has 1 fully saturated rings. The van der Waals surface area contributed by atoms with Crippen molar-refractivity contribution in [3.8, 4) is 0 Å². The summed E-state index contributed by atoms with van der Waals surface area (Å²) in [5.74, 6) is -0.266. The van der Waals surface area contributed by atoms with E-state index < -0.39 is 5.97 Å². The van der Waals surface area contributed by atoms with E-state index in [-0.39, 0.29) is 17.8 Å². The third kappa shape index (κ3) is 2.91. The Labute approximate surface area is 118 Å². The summed E-state index contributed by atoms with van der Waals surface area (Å²) in [6.07, 6.45) is 0.643. The van der Waals surface area contributed by atoms with Gasteiger partial charge in [0.1, 0.15) is 18.0 Å². The zero-order valence-corrected chi connectivity index (χ0v) is 12.0. The Balaban J connectivity index is 2.28. The van der Waals surface area contributed by atoms with Crippen molar-refractivity contribution in [3.63, 3.8) is 0 Å². The van der Waals surface area contributed by atoms with Crippen molar-refractivity contribution in [2.45, 2.75) is 25.6 Å². The van der Waals surface area contributed by atoms with Gasteiger partial charge in [-0.2, -0.15) is 0 Å². The lowest BCUT2D eigenvalue weighted by molar-refractivity contribution is -0.00461. The van der Waals surface area contributed by atoms with Gasteiger partial charge in [-0.15, -0.1) is 0 Å². The normalized spacial score (nSPS) is 22.2. The summed E-state index contributed by atoms with van der Waals surface area (Å²) >= 11 is 0. The molecule has 0 bridgehead atoms. The molecule has 1 aromatic rings. The number of aromatic carboxylic acids is 1. The maximum atomic E-state index is 11.2. The van der Waals surface area contributed by atoms with Crippen LogP contribution in [0, 0.1) is 0 Å². The van der Waals surface area contributed by atoms with Gasteiger partial charge in [-0.1, -0.05) is 6.92 Å². The molecule has 0 aliphatic carbocycles. The Morgan fingerprint density at radius 2 is 1.95 bits per heavy atom. The molecular formula is C14H20N2O4. The first-order valence-corrected chi connectivity index (χ1v) is 6.63. The lowest BCUT2D eigenvalue weighted by atomic mass is 10.2. The van der Waals surface area contributed by atoms with Crippen LogP contribution in [0.5, 0.6) is 0 Å².